The molecule has 0 spiro atoms. The Balaban J connectivity index is 1.95. The van der Waals surface area contributed by atoms with Crippen LogP contribution in [0.3, 0.4) is 0 Å². The Morgan fingerprint density at radius 3 is 2.81 bits per heavy atom. The summed E-state index contributed by atoms with van der Waals surface area (Å²) in [5.74, 6) is -0.920. The zero-order chi connectivity index (χ0) is 15.0. The summed E-state index contributed by atoms with van der Waals surface area (Å²) in [6.07, 6.45) is 7.51. The molecule has 21 heavy (non-hydrogen) atoms. The lowest BCUT2D eigenvalue weighted by molar-refractivity contribution is -0.141. The van der Waals surface area contributed by atoms with E-state index in [0.29, 0.717) is 17.9 Å². The molecule has 2 heterocycles. The molecule has 3 rings (SSSR count). The zero-order valence-electron chi connectivity index (χ0n) is 11.5. The highest BCUT2D eigenvalue weighted by Gasteiger charge is 2.47. The average Bonchev–Trinajstić information content (AvgIpc) is 2.86. The van der Waals surface area contributed by atoms with Crippen molar-refractivity contribution in [2.45, 2.75) is 44.2 Å². The number of hydrogen-bond acceptors (Lipinski definition) is 3. The Morgan fingerprint density at radius 1 is 1.33 bits per heavy atom. The van der Waals surface area contributed by atoms with Gasteiger partial charge < -0.3 is 10.0 Å². The van der Waals surface area contributed by atoms with E-state index in [1.54, 1.807) is 11.0 Å². The molecule has 2 aliphatic rings. The van der Waals surface area contributed by atoms with E-state index in [-0.39, 0.29) is 17.0 Å². The van der Waals surface area contributed by atoms with E-state index >= 15 is 0 Å². The number of carbonyl (C=O) groups is 2. The topological polar surface area (TPSA) is 70.5 Å². The van der Waals surface area contributed by atoms with Crippen molar-refractivity contribution in [3.05, 3.63) is 29.0 Å². The Labute approximate surface area is 127 Å². The second kappa shape index (κ2) is 5.64. The molecule has 1 saturated heterocycles. The first-order valence-electron chi connectivity index (χ1n) is 7.24. The lowest BCUT2D eigenvalue weighted by atomic mass is 9.84. The standard InChI is InChI=1S/C15H17ClN2O3/c16-11-8-17-6-5-10(11)14(19)18-12-4-2-1-3-9(12)7-13(18)15(20)21/h5-6,8-9,12-13H,1-4,7H2,(H,20,21)/t9-,12+,13+/m1/s1. The van der Waals surface area contributed by atoms with Crippen LogP contribution in [0.1, 0.15) is 42.5 Å². The number of hydrogen-bond donors (Lipinski definition) is 1. The van der Waals surface area contributed by atoms with Crippen LogP contribution in [-0.2, 0) is 4.79 Å². The normalized spacial score (nSPS) is 28.2. The van der Waals surface area contributed by atoms with Crippen molar-refractivity contribution in [2.75, 3.05) is 0 Å². The lowest BCUT2D eigenvalue weighted by Gasteiger charge is -2.33. The van der Waals surface area contributed by atoms with E-state index in [4.69, 9.17) is 11.6 Å². The SMILES string of the molecule is O=C(O)[C@@H]1C[C@H]2CCCC[C@@H]2N1C(=O)c1ccncc1Cl. The first-order valence-corrected chi connectivity index (χ1v) is 7.62. The number of fused-ring (bicyclic) bond motifs is 1. The summed E-state index contributed by atoms with van der Waals surface area (Å²) in [6, 6.07) is 0.839. The van der Waals surface area contributed by atoms with Gasteiger partial charge in [0.05, 0.1) is 10.6 Å². The zero-order valence-corrected chi connectivity index (χ0v) is 12.3. The minimum Gasteiger partial charge on any atom is -0.480 e. The van der Waals surface area contributed by atoms with Gasteiger partial charge in [0.25, 0.3) is 5.91 Å². The number of amides is 1. The third kappa shape index (κ3) is 2.50. The van der Waals surface area contributed by atoms with E-state index in [9.17, 15) is 14.7 Å². The van der Waals surface area contributed by atoms with E-state index in [2.05, 4.69) is 4.98 Å². The van der Waals surface area contributed by atoms with Gasteiger partial charge in [-0.1, -0.05) is 24.4 Å². The van der Waals surface area contributed by atoms with Gasteiger partial charge in [0, 0.05) is 18.4 Å². The van der Waals surface area contributed by atoms with Crippen LogP contribution in [0.2, 0.25) is 5.02 Å². The highest BCUT2D eigenvalue weighted by atomic mass is 35.5. The molecule has 0 unspecified atom stereocenters. The number of pyridine rings is 1. The second-order valence-electron chi connectivity index (χ2n) is 5.77. The molecule has 3 atom stereocenters. The highest BCUT2D eigenvalue weighted by molar-refractivity contribution is 6.33. The maximum atomic E-state index is 12.8. The first-order chi connectivity index (χ1) is 10.1. The van der Waals surface area contributed by atoms with Crippen molar-refractivity contribution in [3.63, 3.8) is 0 Å². The van der Waals surface area contributed by atoms with Gasteiger partial charge >= 0.3 is 5.97 Å². The van der Waals surface area contributed by atoms with Gasteiger partial charge in [-0.2, -0.15) is 0 Å². The molecule has 0 aromatic carbocycles. The summed E-state index contributed by atoms with van der Waals surface area (Å²) >= 11 is 6.04. The summed E-state index contributed by atoms with van der Waals surface area (Å²) in [5, 5.41) is 9.73. The van der Waals surface area contributed by atoms with Crippen molar-refractivity contribution < 1.29 is 14.7 Å². The number of carboxylic acids is 1. The van der Waals surface area contributed by atoms with Crippen LogP contribution in [0.15, 0.2) is 18.5 Å². The number of aromatic nitrogens is 1. The van der Waals surface area contributed by atoms with Crippen molar-refractivity contribution >= 4 is 23.5 Å². The first kappa shape index (κ1) is 14.3. The Hall–Kier alpha value is -1.62. The van der Waals surface area contributed by atoms with E-state index in [1.807, 2.05) is 0 Å². The number of carboxylic acid groups (broad SMARTS) is 1. The maximum Gasteiger partial charge on any atom is 0.326 e. The minimum absolute atomic E-state index is 0.0246. The lowest BCUT2D eigenvalue weighted by Crippen LogP contribution is -2.46. The molecule has 1 aromatic rings. The molecule has 1 aliphatic carbocycles. The summed E-state index contributed by atoms with van der Waals surface area (Å²) in [5.41, 5.74) is 0.337. The third-order valence-electron chi connectivity index (χ3n) is 4.61. The summed E-state index contributed by atoms with van der Waals surface area (Å²) in [7, 11) is 0. The number of likely N-dealkylation sites (tertiary alicyclic amines) is 1. The maximum absolute atomic E-state index is 12.8. The quantitative estimate of drug-likeness (QED) is 0.911. The molecule has 0 radical (unpaired) electrons. The predicted molar refractivity (Wildman–Crippen MR) is 77.2 cm³/mol. The summed E-state index contributed by atoms with van der Waals surface area (Å²) < 4.78 is 0. The fourth-order valence-electron chi connectivity index (χ4n) is 3.66. The molecular weight excluding hydrogens is 292 g/mol. The molecule has 6 heteroatoms. The molecule has 1 saturated carbocycles. The van der Waals surface area contributed by atoms with Gasteiger partial charge in [-0.25, -0.2) is 4.79 Å². The van der Waals surface area contributed by atoms with E-state index in [1.165, 1.54) is 12.4 Å². The van der Waals surface area contributed by atoms with Crippen LogP contribution in [0.25, 0.3) is 0 Å². The molecule has 2 fully saturated rings. The number of nitrogens with zero attached hydrogens (tertiary/aromatic N) is 2. The monoisotopic (exact) mass is 308 g/mol. The number of halogens is 1. The Kier molecular flexibility index (Phi) is 3.85. The fraction of sp³-hybridized carbons (Fsp3) is 0.533. The highest BCUT2D eigenvalue weighted by Crippen LogP contribution is 2.40. The number of carbonyl (C=O) groups excluding carboxylic acids is 1. The van der Waals surface area contributed by atoms with Crippen LogP contribution in [-0.4, -0.2) is 39.0 Å². The van der Waals surface area contributed by atoms with Crippen LogP contribution in [0.4, 0.5) is 0 Å². The van der Waals surface area contributed by atoms with Gasteiger partial charge in [0.1, 0.15) is 6.04 Å². The molecule has 112 valence electrons. The predicted octanol–water partition coefficient (Wildman–Crippen LogP) is 2.59. The Morgan fingerprint density at radius 2 is 2.10 bits per heavy atom. The summed E-state index contributed by atoms with van der Waals surface area (Å²) in [4.78, 5) is 29.7. The average molecular weight is 309 g/mol. The van der Waals surface area contributed by atoms with Crippen LogP contribution in [0, 0.1) is 5.92 Å². The second-order valence-corrected chi connectivity index (χ2v) is 6.18. The molecule has 1 amide bonds. The van der Waals surface area contributed by atoms with Gasteiger partial charge in [-0.15, -0.1) is 0 Å². The van der Waals surface area contributed by atoms with Gasteiger partial charge in [0.2, 0.25) is 0 Å². The fourth-order valence-corrected chi connectivity index (χ4v) is 3.86. The van der Waals surface area contributed by atoms with Gasteiger partial charge in [-0.05, 0) is 31.2 Å². The van der Waals surface area contributed by atoms with Crippen molar-refractivity contribution in [1.82, 2.24) is 9.88 Å². The van der Waals surface area contributed by atoms with Gasteiger partial charge in [0.15, 0.2) is 0 Å². The molecule has 1 aromatic heterocycles. The molecule has 5 nitrogen and oxygen atoms in total. The molecule has 0 bridgehead atoms. The van der Waals surface area contributed by atoms with E-state index in [0.717, 1.165) is 25.7 Å². The van der Waals surface area contributed by atoms with Crippen molar-refractivity contribution in [1.29, 1.82) is 0 Å². The largest absolute Gasteiger partial charge is 0.480 e. The Bertz CT molecular complexity index is 578. The smallest absolute Gasteiger partial charge is 0.326 e. The summed E-state index contributed by atoms with van der Waals surface area (Å²) in [6.45, 7) is 0. The third-order valence-corrected chi connectivity index (χ3v) is 4.91. The molecule has 1 N–H and O–H groups in total. The van der Waals surface area contributed by atoms with Gasteiger partial charge in [-0.3, -0.25) is 9.78 Å². The van der Waals surface area contributed by atoms with Crippen LogP contribution >= 0.6 is 11.6 Å². The number of aliphatic carboxylic acids is 1. The van der Waals surface area contributed by atoms with Crippen LogP contribution < -0.4 is 0 Å². The molecular formula is C15H17ClN2O3. The van der Waals surface area contributed by atoms with Crippen molar-refractivity contribution in [3.8, 4) is 0 Å². The number of rotatable bonds is 2. The van der Waals surface area contributed by atoms with Crippen molar-refractivity contribution in [2.24, 2.45) is 5.92 Å². The van der Waals surface area contributed by atoms with Crippen LogP contribution in [0.5, 0.6) is 0 Å². The van der Waals surface area contributed by atoms with E-state index < -0.39 is 12.0 Å². The minimum atomic E-state index is -0.928. The molecule has 1 aliphatic heterocycles.